The van der Waals surface area contributed by atoms with Crippen molar-refractivity contribution in [3.63, 3.8) is 0 Å². The summed E-state index contributed by atoms with van der Waals surface area (Å²) >= 11 is 0. The summed E-state index contributed by atoms with van der Waals surface area (Å²) in [6, 6.07) is 4.79. The minimum Gasteiger partial charge on any atom is -0.484 e. The highest BCUT2D eigenvalue weighted by atomic mass is 16.5. The Bertz CT molecular complexity index is 513. The minimum atomic E-state index is -1.02. The molecule has 0 spiro atoms. The highest BCUT2D eigenvalue weighted by molar-refractivity contribution is 5.84. The average Bonchev–Trinajstić information content (AvgIpc) is 2.42. The summed E-state index contributed by atoms with van der Waals surface area (Å²) in [5.41, 5.74) is 2.06. The van der Waals surface area contributed by atoms with Gasteiger partial charge in [0.25, 0.3) is 5.91 Å². The Hall–Kier alpha value is -2.04. The van der Waals surface area contributed by atoms with Crippen LogP contribution < -0.4 is 10.1 Å². The Labute approximate surface area is 125 Å². The molecule has 1 aromatic rings. The van der Waals surface area contributed by atoms with Crippen LogP contribution >= 0.6 is 0 Å². The molecule has 0 heterocycles. The second-order valence-corrected chi connectivity index (χ2v) is 5.33. The normalized spacial score (nSPS) is 13.3. The van der Waals surface area contributed by atoms with Crippen molar-refractivity contribution in [2.45, 2.75) is 40.2 Å². The van der Waals surface area contributed by atoms with Crippen LogP contribution in [0, 0.1) is 19.8 Å². The van der Waals surface area contributed by atoms with Crippen molar-refractivity contribution in [2.24, 2.45) is 5.92 Å². The molecule has 116 valence electrons. The molecular formula is C16H23NO4. The quantitative estimate of drug-likeness (QED) is 0.809. The van der Waals surface area contributed by atoms with Crippen molar-refractivity contribution in [3.8, 4) is 5.75 Å². The molecule has 0 bridgehead atoms. The number of hydrogen-bond acceptors (Lipinski definition) is 3. The zero-order chi connectivity index (χ0) is 16.0. The standard InChI is InChI=1S/C16H23NO4/c1-5-11(3)15(16(19)20)17-14(18)9-21-13-7-6-10(2)8-12(13)4/h6-8,11,15H,5,9H2,1-4H3,(H,17,18)(H,19,20)/t11-,15-/m0/s1. The molecule has 5 nitrogen and oxygen atoms in total. The molecule has 0 saturated carbocycles. The number of aliphatic carboxylic acids is 1. The summed E-state index contributed by atoms with van der Waals surface area (Å²) in [4.78, 5) is 23.0. The predicted molar refractivity (Wildman–Crippen MR) is 80.4 cm³/mol. The molecule has 5 heteroatoms. The van der Waals surface area contributed by atoms with Gasteiger partial charge in [-0.1, -0.05) is 38.0 Å². The maximum Gasteiger partial charge on any atom is 0.326 e. The maximum atomic E-state index is 11.8. The third kappa shape index (κ3) is 5.10. The van der Waals surface area contributed by atoms with E-state index in [0.29, 0.717) is 12.2 Å². The number of nitrogens with one attached hydrogen (secondary N) is 1. The summed E-state index contributed by atoms with van der Waals surface area (Å²) in [5.74, 6) is -0.953. The number of carbonyl (C=O) groups is 2. The SMILES string of the molecule is CC[C@H](C)[C@H](NC(=O)COc1ccc(C)cc1C)C(=O)O. The first kappa shape index (κ1) is 17.0. The molecule has 0 radical (unpaired) electrons. The van der Waals surface area contributed by atoms with E-state index in [2.05, 4.69) is 5.32 Å². The zero-order valence-electron chi connectivity index (χ0n) is 13.0. The van der Waals surface area contributed by atoms with Gasteiger partial charge in [-0.2, -0.15) is 0 Å². The van der Waals surface area contributed by atoms with Gasteiger partial charge in [0.2, 0.25) is 0 Å². The summed E-state index contributed by atoms with van der Waals surface area (Å²) < 4.78 is 5.44. The molecular weight excluding hydrogens is 270 g/mol. The van der Waals surface area contributed by atoms with Crippen molar-refractivity contribution in [2.75, 3.05) is 6.61 Å². The van der Waals surface area contributed by atoms with E-state index in [1.54, 1.807) is 13.0 Å². The summed E-state index contributed by atoms with van der Waals surface area (Å²) in [5, 5.41) is 11.6. The zero-order valence-corrected chi connectivity index (χ0v) is 13.0. The minimum absolute atomic E-state index is 0.132. The van der Waals surface area contributed by atoms with Gasteiger partial charge in [0.1, 0.15) is 11.8 Å². The van der Waals surface area contributed by atoms with Crippen LogP contribution in [0.4, 0.5) is 0 Å². The van der Waals surface area contributed by atoms with Crippen molar-refractivity contribution >= 4 is 11.9 Å². The largest absolute Gasteiger partial charge is 0.484 e. The number of carbonyl (C=O) groups excluding carboxylic acids is 1. The molecule has 0 aliphatic carbocycles. The first-order chi connectivity index (χ1) is 9.85. The van der Waals surface area contributed by atoms with Gasteiger partial charge >= 0.3 is 5.97 Å². The number of aryl methyl sites for hydroxylation is 2. The van der Waals surface area contributed by atoms with Crippen molar-refractivity contribution in [1.29, 1.82) is 0 Å². The topological polar surface area (TPSA) is 75.6 Å². The lowest BCUT2D eigenvalue weighted by Gasteiger charge is -2.20. The number of amides is 1. The predicted octanol–water partition coefficient (Wildman–Crippen LogP) is 2.30. The summed E-state index contributed by atoms with van der Waals surface area (Å²) in [6.07, 6.45) is 0.676. The lowest BCUT2D eigenvalue weighted by atomic mass is 9.99. The fraction of sp³-hybridized carbons (Fsp3) is 0.500. The van der Waals surface area contributed by atoms with Gasteiger partial charge < -0.3 is 15.2 Å². The van der Waals surface area contributed by atoms with E-state index >= 15 is 0 Å². The van der Waals surface area contributed by atoms with Gasteiger partial charge in [0, 0.05) is 0 Å². The number of hydrogen-bond donors (Lipinski definition) is 2. The van der Waals surface area contributed by atoms with Crippen molar-refractivity contribution in [3.05, 3.63) is 29.3 Å². The van der Waals surface area contributed by atoms with Gasteiger partial charge in [-0.05, 0) is 31.4 Å². The summed E-state index contributed by atoms with van der Waals surface area (Å²) in [7, 11) is 0. The maximum absolute atomic E-state index is 11.8. The molecule has 2 N–H and O–H groups in total. The molecule has 1 amide bonds. The molecule has 1 aromatic carbocycles. The van der Waals surface area contributed by atoms with E-state index in [0.717, 1.165) is 11.1 Å². The Morgan fingerprint density at radius 1 is 1.33 bits per heavy atom. The molecule has 2 atom stereocenters. The number of benzene rings is 1. The van der Waals surface area contributed by atoms with Crippen LogP contribution in [-0.2, 0) is 9.59 Å². The Morgan fingerprint density at radius 3 is 2.52 bits per heavy atom. The highest BCUT2D eigenvalue weighted by Crippen LogP contribution is 2.18. The van der Waals surface area contributed by atoms with E-state index in [1.807, 2.05) is 32.9 Å². The van der Waals surface area contributed by atoms with Crippen LogP contribution in [0.2, 0.25) is 0 Å². The Morgan fingerprint density at radius 2 is 2.00 bits per heavy atom. The van der Waals surface area contributed by atoms with Crippen LogP contribution in [0.3, 0.4) is 0 Å². The van der Waals surface area contributed by atoms with Crippen molar-refractivity contribution in [1.82, 2.24) is 5.32 Å². The number of carboxylic acid groups (broad SMARTS) is 1. The first-order valence-corrected chi connectivity index (χ1v) is 7.07. The van der Waals surface area contributed by atoms with E-state index in [-0.39, 0.29) is 12.5 Å². The van der Waals surface area contributed by atoms with Gasteiger partial charge in [0.15, 0.2) is 6.61 Å². The van der Waals surface area contributed by atoms with Gasteiger partial charge in [-0.15, -0.1) is 0 Å². The molecule has 0 aliphatic rings. The van der Waals surface area contributed by atoms with E-state index in [9.17, 15) is 9.59 Å². The van der Waals surface area contributed by atoms with Crippen molar-refractivity contribution < 1.29 is 19.4 Å². The Kier molecular flexibility index (Phi) is 6.21. The Balaban J connectivity index is 2.58. The smallest absolute Gasteiger partial charge is 0.326 e. The van der Waals surface area contributed by atoms with E-state index in [4.69, 9.17) is 9.84 Å². The number of rotatable bonds is 7. The van der Waals surface area contributed by atoms with Crippen LogP contribution in [0.25, 0.3) is 0 Å². The molecule has 0 aromatic heterocycles. The molecule has 1 rings (SSSR count). The molecule has 0 aliphatic heterocycles. The van der Waals surface area contributed by atoms with E-state index < -0.39 is 17.9 Å². The fourth-order valence-corrected chi connectivity index (χ4v) is 2.00. The first-order valence-electron chi connectivity index (χ1n) is 7.07. The van der Waals surface area contributed by atoms with Crippen LogP contribution in [0.15, 0.2) is 18.2 Å². The van der Waals surface area contributed by atoms with Gasteiger partial charge in [-0.3, -0.25) is 4.79 Å². The van der Waals surface area contributed by atoms with Crippen LogP contribution in [0.5, 0.6) is 5.75 Å². The monoisotopic (exact) mass is 293 g/mol. The third-order valence-electron chi connectivity index (χ3n) is 3.48. The molecule has 21 heavy (non-hydrogen) atoms. The lowest BCUT2D eigenvalue weighted by molar-refractivity contribution is -0.143. The van der Waals surface area contributed by atoms with Gasteiger partial charge in [-0.25, -0.2) is 4.79 Å². The second kappa shape index (κ2) is 7.67. The fourth-order valence-electron chi connectivity index (χ4n) is 2.00. The average molecular weight is 293 g/mol. The number of ether oxygens (including phenoxy) is 1. The molecule has 0 fully saturated rings. The lowest BCUT2D eigenvalue weighted by Crippen LogP contribution is -2.46. The van der Waals surface area contributed by atoms with Crippen LogP contribution in [-0.4, -0.2) is 29.6 Å². The third-order valence-corrected chi connectivity index (χ3v) is 3.48. The van der Waals surface area contributed by atoms with E-state index in [1.165, 1.54) is 0 Å². The number of carboxylic acids is 1. The van der Waals surface area contributed by atoms with Gasteiger partial charge in [0.05, 0.1) is 0 Å². The molecule has 0 saturated heterocycles. The second-order valence-electron chi connectivity index (χ2n) is 5.33. The molecule has 0 unspecified atom stereocenters. The summed E-state index contributed by atoms with van der Waals surface area (Å²) in [6.45, 7) is 7.37. The highest BCUT2D eigenvalue weighted by Gasteiger charge is 2.25. The van der Waals surface area contributed by atoms with Crippen LogP contribution in [0.1, 0.15) is 31.4 Å².